The van der Waals surface area contributed by atoms with Crippen molar-refractivity contribution in [3.05, 3.63) is 29.6 Å². The summed E-state index contributed by atoms with van der Waals surface area (Å²) in [6.07, 6.45) is 2.54. The van der Waals surface area contributed by atoms with Gasteiger partial charge in [0.2, 0.25) is 0 Å². The van der Waals surface area contributed by atoms with Crippen molar-refractivity contribution in [3.63, 3.8) is 0 Å². The van der Waals surface area contributed by atoms with Crippen molar-refractivity contribution < 1.29 is 9.13 Å². The van der Waals surface area contributed by atoms with Crippen LogP contribution in [0.3, 0.4) is 0 Å². The first-order valence-corrected chi connectivity index (χ1v) is 5.39. The Morgan fingerprint density at radius 3 is 2.87 bits per heavy atom. The fourth-order valence-electron chi connectivity index (χ4n) is 1.34. The molecule has 0 spiro atoms. The van der Waals surface area contributed by atoms with Crippen molar-refractivity contribution in [2.45, 2.75) is 26.2 Å². The molecule has 0 aliphatic carbocycles. The van der Waals surface area contributed by atoms with Crippen molar-refractivity contribution in [3.8, 4) is 5.75 Å². The van der Waals surface area contributed by atoms with E-state index in [9.17, 15) is 4.39 Å². The van der Waals surface area contributed by atoms with Gasteiger partial charge in [0.15, 0.2) is 11.6 Å². The Morgan fingerprint density at radius 1 is 1.40 bits per heavy atom. The third kappa shape index (κ3) is 3.51. The number of halogens is 1. The minimum absolute atomic E-state index is 0.265. The summed E-state index contributed by atoms with van der Waals surface area (Å²) < 4.78 is 19.1. The van der Waals surface area contributed by atoms with Gasteiger partial charge in [-0.15, -0.1) is 0 Å². The Kier molecular flexibility index (Phi) is 5.12. The predicted molar refractivity (Wildman–Crippen MR) is 59.6 cm³/mol. The van der Waals surface area contributed by atoms with Gasteiger partial charge >= 0.3 is 0 Å². The highest BCUT2D eigenvalue weighted by Gasteiger charge is 2.07. The summed E-state index contributed by atoms with van der Waals surface area (Å²) in [7, 11) is 0. The molecular formula is C12H18FNO. The van der Waals surface area contributed by atoms with Crippen molar-refractivity contribution in [2.24, 2.45) is 5.73 Å². The number of benzene rings is 1. The minimum atomic E-state index is -0.265. The van der Waals surface area contributed by atoms with Crippen LogP contribution in [-0.2, 0) is 6.42 Å². The van der Waals surface area contributed by atoms with Gasteiger partial charge in [-0.2, -0.15) is 0 Å². The van der Waals surface area contributed by atoms with Gasteiger partial charge in [0.25, 0.3) is 0 Å². The Hall–Kier alpha value is -1.09. The molecule has 0 saturated heterocycles. The number of unbranched alkanes of at least 4 members (excludes halogenated alkanes) is 1. The molecule has 0 unspecified atom stereocenters. The largest absolute Gasteiger partial charge is 0.491 e. The topological polar surface area (TPSA) is 35.2 Å². The summed E-state index contributed by atoms with van der Waals surface area (Å²) in [6.45, 7) is 3.10. The molecule has 0 aliphatic rings. The van der Waals surface area contributed by atoms with Crippen molar-refractivity contribution in [1.82, 2.24) is 0 Å². The van der Waals surface area contributed by atoms with Gasteiger partial charge in [-0.25, -0.2) is 4.39 Å². The van der Waals surface area contributed by atoms with E-state index in [4.69, 9.17) is 10.5 Å². The summed E-state index contributed by atoms with van der Waals surface area (Å²) in [5.41, 5.74) is 6.02. The SMILES string of the molecule is CCCCOc1cccc(CCN)c1F. The summed E-state index contributed by atoms with van der Waals surface area (Å²) in [6, 6.07) is 5.20. The van der Waals surface area contributed by atoms with Gasteiger partial charge in [0, 0.05) is 0 Å². The quantitative estimate of drug-likeness (QED) is 0.734. The van der Waals surface area contributed by atoms with Gasteiger partial charge in [-0.1, -0.05) is 25.5 Å². The molecule has 3 heteroatoms. The number of nitrogens with two attached hydrogens (primary N) is 1. The van der Waals surface area contributed by atoms with E-state index < -0.39 is 0 Å². The first kappa shape index (κ1) is 12.0. The minimum Gasteiger partial charge on any atom is -0.491 e. The van der Waals surface area contributed by atoms with Crippen LogP contribution in [-0.4, -0.2) is 13.2 Å². The molecule has 15 heavy (non-hydrogen) atoms. The maximum Gasteiger partial charge on any atom is 0.168 e. The second-order valence-corrected chi connectivity index (χ2v) is 3.47. The summed E-state index contributed by atoms with van der Waals surface area (Å²) in [4.78, 5) is 0. The van der Waals surface area contributed by atoms with Crippen molar-refractivity contribution >= 4 is 0 Å². The Morgan fingerprint density at radius 2 is 2.20 bits per heavy atom. The molecule has 2 nitrogen and oxygen atoms in total. The van der Waals surface area contributed by atoms with Crippen LogP contribution in [0, 0.1) is 5.82 Å². The van der Waals surface area contributed by atoms with Crippen LogP contribution < -0.4 is 10.5 Å². The number of ether oxygens (including phenoxy) is 1. The van der Waals surface area contributed by atoms with Crippen LogP contribution in [0.25, 0.3) is 0 Å². The summed E-state index contributed by atoms with van der Waals surface area (Å²) >= 11 is 0. The van der Waals surface area contributed by atoms with Crippen LogP contribution in [0.2, 0.25) is 0 Å². The average Bonchev–Trinajstić information content (AvgIpc) is 2.24. The van der Waals surface area contributed by atoms with Crippen molar-refractivity contribution in [1.29, 1.82) is 0 Å². The fourth-order valence-corrected chi connectivity index (χ4v) is 1.34. The molecule has 84 valence electrons. The summed E-state index contributed by atoms with van der Waals surface area (Å²) in [5.74, 6) is 0.0773. The first-order chi connectivity index (χ1) is 7.29. The third-order valence-corrected chi connectivity index (χ3v) is 2.21. The standard InChI is InChI=1S/C12H18FNO/c1-2-3-9-15-11-6-4-5-10(7-8-14)12(11)13/h4-6H,2-3,7-9,14H2,1H3. The summed E-state index contributed by atoms with van der Waals surface area (Å²) in [5, 5.41) is 0. The molecule has 0 amide bonds. The molecule has 0 radical (unpaired) electrons. The lowest BCUT2D eigenvalue weighted by Gasteiger charge is -2.09. The van der Waals surface area contributed by atoms with E-state index in [1.807, 2.05) is 0 Å². The van der Waals surface area contributed by atoms with Crippen molar-refractivity contribution in [2.75, 3.05) is 13.2 Å². The predicted octanol–water partition coefficient (Wildman–Crippen LogP) is 2.51. The normalized spacial score (nSPS) is 10.3. The first-order valence-electron chi connectivity index (χ1n) is 5.39. The lowest BCUT2D eigenvalue weighted by molar-refractivity contribution is 0.293. The molecule has 0 atom stereocenters. The zero-order valence-corrected chi connectivity index (χ0v) is 9.13. The van der Waals surface area contributed by atoms with Gasteiger partial charge < -0.3 is 10.5 Å². The highest BCUT2D eigenvalue weighted by atomic mass is 19.1. The van der Waals surface area contributed by atoms with E-state index >= 15 is 0 Å². The molecule has 0 fully saturated rings. The molecule has 1 aromatic carbocycles. The molecule has 0 heterocycles. The van der Waals surface area contributed by atoms with E-state index in [1.54, 1.807) is 18.2 Å². The molecule has 1 rings (SSSR count). The molecule has 0 saturated carbocycles. The molecule has 1 aromatic rings. The van der Waals surface area contributed by atoms with E-state index in [-0.39, 0.29) is 5.82 Å². The molecule has 0 bridgehead atoms. The molecule has 2 N–H and O–H groups in total. The zero-order chi connectivity index (χ0) is 11.1. The van der Waals surface area contributed by atoms with E-state index in [0.717, 1.165) is 12.8 Å². The van der Waals surface area contributed by atoms with E-state index in [0.29, 0.717) is 30.9 Å². The monoisotopic (exact) mass is 211 g/mol. The van der Waals surface area contributed by atoms with Crippen LogP contribution in [0.4, 0.5) is 4.39 Å². The maximum atomic E-state index is 13.7. The molecular weight excluding hydrogens is 193 g/mol. The number of hydrogen-bond donors (Lipinski definition) is 1. The lowest BCUT2D eigenvalue weighted by atomic mass is 10.1. The lowest BCUT2D eigenvalue weighted by Crippen LogP contribution is -2.06. The van der Waals surface area contributed by atoms with Crippen LogP contribution in [0.1, 0.15) is 25.3 Å². The van der Waals surface area contributed by atoms with Gasteiger partial charge in [-0.3, -0.25) is 0 Å². The number of hydrogen-bond acceptors (Lipinski definition) is 2. The third-order valence-electron chi connectivity index (χ3n) is 2.21. The highest BCUT2D eigenvalue weighted by Crippen LogP contribution is 2.20. The Balaban J connectivity index is 2.66. The maximum absolute atomic E-state index is 13.7. The van der Waals surface area contributed by atoms with Gasteiger partial charge in [-0.05, 0) is 31.0 Å². The Labute approximate surface area is 90.2 Å². The zero-order valence-electron chi connectivity index (χ0n) is 9.13. The fraction of sp³-hybridized carbons (Fsp3) is 0.500. The smallest absolute Gasteiger partial charge is 0.168 e. The second-order valence-electron chi connectivity index (χ2n) is 3.47. The van der Waals surface area contributed by atoms with E-state index in [1.165, 1.54) is 0 Å². The van der Waals surface area contributed by atoms with Crippen LogP contribution in [0.15, 0.2) is 18.2 Å². The van der Waals surface area contributed by atoms with E-state index in [2.05, 4.69) is 6.92 Å². The Bertz CT molecular complexity index is 302. The highest BCUT2D eigenvalue weighted by molar-refractivity contribution is 5.31. The van der Waals surface area contributed by atoms with Crippen LogP contribution >= 0.6 is 0 Å². The molecule has 0 aliphatic heterocycles. The molecule has 0 aromatic heterocycles. The van der Waals surface area contributed by atoms with Gasteiger partial charge in [0.05, 0.1) is 6.61 Å². The van der Waals surface area contributed by atoms with Crippen LogP contribution in [0.5, 0.6) is 5.75 Å². The number of rotatable bonds is 6. The average molecular weight is 211 g/mol. The van der Waals surface area contributed by atoms with Gasteiger partial charge in [0.1, 0.15) is 0 Å². The second kappa shape index (κ2) is 6.40.